The van der Waals surface area contributed by atoms with E-state index in [0.717, 1.165) is 10.6 Å². The van der Waals surface area contributed by atoms with Gasteiger partial charge in [-0.05, 0) is 36.1 Å². The molecule has 0 aliphatic heterocycles. The molecule has 0 fully saturated rings. The summed E-state index contributed by atoms with van der Waals surface area (Å²) in [5.74, 6) is 0.893. The summed E-state index contributed by atoms with van der Waals surface area (Å²) < 4.78 is 5.48. The molecule has 5 nitrogen and oxygen atoms in total. The van der Waals surface area contributed by atoms with Gasteiger partial charge in [-0.1, -0.05) is 41.8 Å². The molecule has 0 aliphatic carbocycles. The van der Waals surface area contributed by atoms with Crippen LogP contribution in [0, 0.1) is 0 Å². The average molecular weight is 360 g/mol. The lowest BCUT2D eigenvalue weighted by molar-refractivity contribution is 0.102. The number of nitrogens with one attached hydrogen (secondary N) is 1. The molecule has 1 aromatic heterocycles. The van der Waals surface area contributed by atoms with Crippen LogP contribution in [0.3, 0.4) is 0 Å². The summed E-state index contributed by atoms with van der Waals surface area (Å²) >= 11 is 7.77. The van der Waals surface area contributed by atoms with Crippen LogP contribution in [0.2, 0.25) is 5.02 Å². The van der Waals surface area contributed by atoms with Crippen molar-refractivity contribution in [1.29, 1.82) is 0 Å². The lowest BCUT2D eigenvalue weighted by atomic mass is 10.2. The number of benzene rings is 2. The van der Waals surface area contributed by atoms with Gasteiger partial charge < -0.3 is 4.42 Å². The first-order valence-electron chi connectivity index (χ1n) is 7.30. The molecule has 0 saturated heterocycles. The predicted octanol–water partition coefficient (Wildman–Crippen LogP) is 4.75. The maximum Gasteiger partial charge on any atom is 0.322 e. The molecule has 1 N–H and O–H groups in total. The number of halogens is 1. The van der Waals surface area contributed by atoms with Crippen LogP contribution in [-0.2, 0) is 0 Å². The minimum absolute atomic E-state index is 0.0310. The zero-order valence-corrected chi connectivity index (χ0v) is 14.4. The molecule has 2 aromatic carbocycles. The number of nitrogens with zero attached hydrogens (tertiary/aromatic N) is 2. The van der Waals surface area contributed by atoms with Crippen molar-refractivity contribution in [2.45, 2.75) is 11.8 Å². The van der Waals surface area contributed by atoms with E-state index in [-0.39, 0.29) is 17.8 Å². The van der Waals surface area contributed by atoms with Crippen LogP contribution >= 0.6 is 23.4 Å². The van der Waals surface area contributed by atoms with E-state index in [9.17, 15) is 4.79 Å². The second-order valence-electron chi connectivity index (χ2n) is 4.81. The fourth-order valence-corrected chi connectivity index (χ4v) is 3.02. The van der Waals surface area contributed by atoms with E-state index >= 15 is 0 Å². The highest BCUT2D eigenvalue weighted by atomic mass is 35.5. The first kappa shape index (κ1) is 16.5. The number of aromatic nitrogens is 2. The number of anilines is 1. The van der Waals surface area contributed by atoms with Gasteiger partial charge in [0.1, 0.15) is 0 Å². The van der Waals surface area contributed by atoms with E-state index in [1.165, 1.54) is 0 Å². The zero-order chi connectivity index (χ0) is 16.9. The molecule has 0 spiro atoms. The predicted molar refractivity (Wildman–Crippen MR) is 95.5 cm³/mol. The highest BCUT2D eigenvalue weighted by molar-refractivity contribution is 7.99. The van der Waals surface area contributed by atoms with Crippen molar-refractivity contribution in [3.05, 3.63) is 59.1 Å². The molecule has 3 rings (SSSR count). The van der Waals surface area contributed by atoms with Crippen molar-refractivity contribution in [3.63, 3.8) is 0 Å². The van der Waals surface area contributed by atoms with E-state index in [1.807, 2.05) is 30.3 Å². The summed E-state index contributed by atoms with van der Waals surface area (Å²) in [4.78, 5) is 13.3. The number of hydrogen-bond donors (Lipinski definition) is 1. The molecule has 0 aliphatic rings. The Hall–Kier alpha value is -2.31. The largest absolute Gasteiger partial charge is 0.403 e. The highest BCUT2D eigenvalue weighted by Crippen LogP contribution is 2.27. The molecular formula is C17H14ClN3O2S. The fourth-order valence-electron chi connectivity index (χ4n) is 2.08. The zero-order valence-electron chi connectivity index (χ0n) is 12.8. The molecular weight excluding hydrogens is 346 g/mol. The second kappa shape index (κ2) is 7.51. The molecule has 1 amide bonds. The summed E-state index contributed by atoms with van der Waals surface area (Å²) in [5, 5.41) is 10.9. The van der Waals surface area contributed by atoms with Gasteiger partial charge in [-0.2, -0.15) is 0 Å². The number of thioether (sulfide) groups is 1. The summed E-state index contributed by atoms with van der Waals surface area (Å²) in [7, 11) is 0. The number of carbonyl (C=O) groups is 1. The monoisotopic (exact) mass is 359 g/mol. The molecule has 24 heavy (non-hydrogen) atoms. The maximum atomic E-state index is 12.3. The Morgan fingerprint density at radius 2 is 2.04 bits per heavy atom. The topological polar surface area (TPSA) is 68.0 Å². The van der Waals surface area contributed by atoms with Crippen molar-refractivity contribution >= 4 is 35.3 Å². The first-order chi connectivity index (χ1) is 11.7. The van der Waals surface area contributed by atoms with Crippen LogP contribution < -0.4 is 5.32 Å². The van der Waals surface area contributed by atoms with Crippen LogP contribution in [0.5, 0.6) is 0 Å². The summed E-state index contributed by atoms with van der Waals surface area (Å²) in [6.07, 6.45) is 0. The van der Waals surface area contributed by atoms with Crippen molar-refractivity contribution in [2.75, 3.05) is 11.1 Å². The molecule has 122 valence electrons. The van der Waals surface area contributed by atoms with Gasteiger partial charge in [-0.25, -0.2) is 0 Å². The SMILES string of the molecule is CCSc1cccc(C(=O)Nc2nnc(-c3ccccc3Cl)o2)c1. The van der Waals surface area contributed by atoms with E-state index < -0.39 is 0 Å². The lowest BCUT2D eigenvalue weighted by Crippen LogP contribution is -2.12. The molecule has 0 unspecified atom stereocenters. The third kappa shape index (κ3) is 3.77. The van der Waals surface area contributed by atoms with Gasteiger partial charge in [0.15, 0.2) is 0 Å². The molecule has 0 saturated carbocycles. The van der Waals surface area contributed by atoms with Gasteiger partial charge in [-0.3, -0.25) is 10.1 Å². The minimum Gasteiger partial charge on any atom is -0.403 e. The molecule has 0 atom stereocenters. The van der Waals surface area contributed by atoms with E-state index in [1.54, 1.807) is 30.0 Å². The van der Waals surface area contributed by atoms with Gasteiger partial charge in [0, 0.05) is 10.5 Å². The third-order valence-electron chi connectivity index (χ3n) is 3.16. The number of hydrogen-bond acceptors (Lipinski definition) is 5. The van der Waals surface area contributed by atoms with E-state index in [0.29, 0.717) is 16.1 Å². The van der Waals surface area contributed by atoms with Crippen molar-refractivity contribution in [3.8, 4) is 11.5 Å². The van der Waals surface area contributed by atoms with Crippen LogP contribution in [-0.4, -0.2) is 21.9 Å². The maximum absolute atomic E-state index is 12.3. The standard InChI is InChI=1S/C17H14ClN3O2S/c1-2-24-12-7-5-6-11(10-12)15(22)19-17-21-20-16(23-17)13-8-3-4-9-14(13)18/h3-10H,2H2,1H3,(H,19,21,22). The number of amides is 1. The molecule has 7 heteroatoms. The fraction of sp³-hybridized carbons (Fsp3) is 0.118. The lowest BCUT2D eigenvalue weighted by Gasteiger charge is -2.03. The number of carbonyl (C=O) groups excluding carboxylic acids is 1. The normalized spacial score (nSPS) is 10.6. The van der Waals surface area contributed by atoms with Crippen LogP contribution in [0.25, 0.3) is 11.5 Å². The smallest absolute Gasteiger partial charge is 0.322 e. The minimum atomic E-state index is -0.303. The van der Waals surface area contributed by atoms with Gasteiger partial charge in [0.25, 0.3) is 11.8 Å². The van der Waals surface area contributed by atoms with Crippen LogP contribution in [0.4, 0.5) is 6.01 Å². The Labute approximate surface area is 148 Å². The first-order valence-corrected chi connectivity index (χ1v) is 8.66. The number of rotatable bonds is 5. The molecule has 1 heterocycles. The molecule has 0 bridgehead atoms. The highest BCUT2D eigenvalue weighted by Gasteiger charge is 2.14. The van der Waals surface area contributed by atoms with Crippen LogP contribution in [0.1, 0.15) is 17.3 Å². The van der Waals surface area contributed by atoms with Gasteiger partial charge in [0.2, 0.25) is 0 Å². The van der Waals surface area contributed by atoms with E-state index in [2.05, 4.69) is 22.4 Å². The van der Waals surface area contributed by atoms with Gasteiger partial charge in [0.05, 0.1) is 10.6 Å². The van der Waals surface area contributed by atoms with Crippen molar-refractivity contribution in [1.82, 2.24) is 10.2 Å². The Kier molecular flexibility index (Phi) is 5.17. The molecule has 0 radical (unpaired) electrons. The van der Waals surface area contributed by atoms with Crippen molar-refractivity contribution < 1.29 is 9.21 Å². The Morgan fingerprint density at radius 1 is 1.21 bits per heavy atom. The average Bonchev–Trinajstić information content (AvgIpc) is 3.04. The summed E-state index contributed by atoms with van der Waals surface area (Å²) in [5.41, 5.74) is 1.15. The van der Waals surface area contributed by atoms with Crippen LogP contribution in [0.15, 0.2) is 57.8 Å². The van der Waals surface area contributed by atoms with Crippen molar-refractivity contribution in [2.24, 2.45) is 0 Å². The quantitative estimate of drug-likeness (QED) is 0.665. The van der Waals surface area contributed by atoms with E-state index in [4.69, 9.17) is 16.0 Å². The molecule has 3 aromatic rings. The Bertz CT molecular complexity index is 866. The van der Waals surface area contributed by atoms with Gasteiger partial charge in [-0.15, -0.1) is 16.9 Å². The third-order valence-corrected chi connectivity index (χ3v) is 4.36. The van der Waals surface area contributed by atoms with Gasteiger partial charge >= 0.3 is 6.01 Å². The summed E-state index contributed by atoms with van der Waals surface area (Å²) in [6.45, 7) is 2.06. The summed E-state index contributed by atoms with van der Waals surface area (Å²) in [6, 6.07) is 14.5. The Balaban J connectivity index is 1.76. The Morgan fingerprint density at radius 3 is 2.83 bits per heavy atom. The second-order valence-corrected chi connectivity index (χ2v) is 6.55.